The van der Waals surface area contributed by atoms with Gasteiger partial charge in [-0.25, -0.2) is 4.98 Å². The molecule has 0 bridgehead atoms. The first-order valence-corrected chi connectivity index (χ1v) is 7.24. The van der Waals surface area contributed by atoms with E-state index in [4.69, 9.17) is 0 Å². The van der Waals surface area contributed by atoms with E-state index in [2.05, 4.69) is 46.3 Å². The quantitative estimate of drug-likeness (QED) is 0.883. The van der Waals surface area contributed by atoms with Gasteiger partial charge in [0.25, 0.3) is 0 Å². The molecular formula is C13H19N3S. The normalized spacial score (nSPS) is 19.6. The third kappa shape index (κ3) is 2.11. The van der Waals surface area contributed by atoms with Crippen molar-refractivity contribution in [3.63, 3.8) is 0 Å². The summed E-state index contributed by atoms with van der Waals surface area (Å²) in [5.41, 5.74) is 1.73. The van der Waals surface area contributed by atoms with E-state index in [9.17, 15) is 0 Å². The Hall–Kier alpha value is -0.870. The van der Waals surface area contributed by atoms with E-state index >= 15 is 0 Å². The number of nitrogens with zero attached hydrogens (tertiary/aromatic N) is 2. The highest BCUT2D eigenvalue weighted by Gasteiger charge is 2.44. The third-order valence-corrected chi connectivity index (χ3v) is 4.66. The lowest BCUT2D eigenvalue weighted by Crippen LogP contribution is -2.38. The Balaban J connectivity index is 1.77. The van der Waals surface area contributed by atoms with Crippen molar-refractivity contribution in [1.29, 1.82) is 0 Å². The Morgan fingerprint density at radius 1 is 1.59 bits per heavy atom. The van der Waals surface area contributed by atoms with Crippen LogP contribution in [0, 0.1) is 5.41 Å². The van der Waals surface area contributed by atoms with Crippen molar-refractivity contribution in [3.05, 3.63) is 23.5 Å². The molecule has 17 heavy (non-hydrogen) atoms. The molecule has 3 rings (SSSR count). The molecule has 4 heteroatoms. The second-order valence-electron chi connectivity index (χ2n) is 5.29. The Morgan fingerprint density at radius 3 is 3.06 bits per heavy atom. The smallest absolute Gasteiger partial charge is 0.193 e. The highest BCUT2D eigenvalue weighted by molar-refractivity contribution is 7.15. The second-order valence-corrected chi connectivity index (χ2v) is 6.17. The molecule has 0 aromatic carbocycles. The monoisotopic (exact) mass is 249 g/mol. The molecule has 1 aliphatic carbocycles. The van der Waals surface area contributed by atoms with Crippen LogP contribution < -0.4 is 5.32 Å². The van der Waals surface area contributed by atoms with E-state index in [1.165, 1.54) is 18.5 Å². The SMILES string of the molecule is CCNC(Cc1cn2ccsc2n1)C1(C)CC1. The van der Waals surface area contributed by atoms with E-state index in [0.29, 0.717) is 11.5 Å². The highest BCUT2D eigenvalue weighted by Crippen LogP contribution is 2.48. The summed E-state index contributed by atoms with van der Waals surface area (Å²) < 4.78 is 2.12. The predicted octanol–water partition coefficient (Wildman–Crippen LogP) is 2.72. The minimum Gasteiger partial charge on any atom is -0.313 e. The van der Waals surface area contributed by atoms with E-state index in [1.807, 2.05) is 0 Å². The molecule has 1 N–H and O–H groups in total. The Morgan fingerprint density at radius 2 is 2.41 bits per heavy atom. The fourth-order valence-corrected chi connectivity index (χ4v) is 3.16. The number of hydrogen-bond donors (Lipinski definition) is 1. The predicted molar refractivity (Wildman–Crippen MR) is 71.6 cm³/mol. The Labute approximate surface area is 106 Å². The van der Waals surface area contributed by atoms with Crippen molar-refractivity contribution in [1.82, 2.24) is 14.7 Å². The minimum atomic E-state index is 0.507. The van der Waals surface area contributed by atoms with Crippen LogP contribution in [0.4, 0.5) is 0 Å². The van der Waals surface area contributed by atoms with Gasteiger partial charge in [0.2, 0.25) is 0 Å². The molecule has 92 valence electrons. The lowest BCUT2D eigenvalue weighted by molar-refractivity contribution is 0.358. The zero-order valence-corrected chi connectivity index (χ0v) is 11.3. The van der Waals surface area contributed by atoms with Crippen LogP contribution >= 0.6 is 11.3 Å². The van der Waals surface area contributed by atoms with Gasteiger partial charge in [-0.2, -0.15) is 0 Å². The molecule has 1 saturated carbocycles. The van der Waals surface area contributed by atoms with Crippen LogP contribution in [0.15, 0.2) is 17.8 Å². The molecule has 0 spiro atoms. The van der Waals surface area contributed by atoms with Gasteiger partial charge in [-0.1, -0.05) is 13.8 Å². The van der Waals surface area contributed by atoms with Crippen molar-refractivity contribution >= 4 is 16.3 Å². The van der Waals surface area contributed by atoms with Gasteiger partial charge < -0.3 is 5.32 Å². The van der Waals surface area contributed by atoms with Gasteiger partial charge >= 0.3 is 0 Å². The van der Waals surface area contributed by atoms with Crippen LogP contribution in [0.1, 0.15) is 32.4 Å². The maximum Gasteiger partial charge on any atom is 0.193 e. The van der Waals surface area contributed by atoms with Gasteiger partial charge in [-0.3, -0.25) is 4.40 Å². The maximum atomic E-state index is 4.68. The number of thiazole rings is 1. The molecule has 2 aromatic rings. The molecular weight excluding hydrogens is 230 g/mol. The Kier molecular flexibility index (Phi) is 2.71. The van der Waals surface area contributed by atoms with Crippen LogP contribution in [0.3, 0.4) is 0 Å². The average Bonchev–Trinajstić information content (AvgIpc) is 2.73. The standard InChI is InChI=1S/C13H19N3S/c1-3-14-11(13(2)4-5-13)8-10-9-16-6-7-17-12(16)15-10/h6-7,9,11,14H,3-5,8H2,1-2H3. The molecule has 2 aromatic heterocycles. The summed E-state index contributed by atoms with van der Waals surface area (Å²) in [6.45, 7) is 5.62. The summed E-state index contributed by atoms with van der Waals surface area (Å²) in [4.78, 5) is 5.79. The number of hydrogen-bond acceptors (Lipinski definition) is 3. The first kappa shape index (κ1) is 11.2. The zero-order chi connectivity index (χ0) is 11.9. The van der Waals surface area contributed by atoms with Gasteiger partial charge in [-0.05, 0) is 24.8 Å². The summed E-state index contributed by atoms with van der Waals surface area (Å²) in [7, 11) is 0. The van der Waals surface area contributed by atoms with Crippen molar-refractivity contribution < 1.29 is 0 Å². The van der Waals surface area contributed by atoms with Crippen LogP contribution in [-0.4, -0.2) is 22.0 Å². The van der Waals surface area contributed by atoms with Gasteiger partial charge in [0.1, 0.15) is 0 Å². The van der Waals surface area contributed by atoms with Crippen LogP contribution in [0.25, 0.3) is 4.96 Å². The summed E-state index contributed by atoms with van der Waals surface area (Å²) in [5.74, 6) is 0. The maximum absolute atomic E-state index is 4.68. The molecule has 0 aliphatic heterocycles. The lowest BCUT2D eigenvalue weighted by Gasteiger charge is -2.23. The number of fused-ring (bicyclic) bond motifs is 1. The minimum absolute atomic E-state index is 0.507. The summed E-state index contributed by atoms with van der Waals surface area (Å²) >= 11 is 1.70. The summed E-state index contributed by atoms with van der Waals surface area (Å²) in [5, 5.41) is 5.70. The van der Waals surface area contributed by atoms with Gasteiger partial charge in [0.15, 0.2) is 4.96 Å². The van der Waals surface area contributed by atoms with E-state index in [-0.39, 0.29) is 0 Å². The lowest BCUT2D eigenvalue weighted by atomic mass is 9.94. The fraction of sp³-hybridized carbons (Fsp3) is 0.615. The zero-order valence-electron chi connectivity index (χ0n) is 10.4. The molecule has 0 radical (unpaired) electrons. The van der Waals surface area contributed by atoms with Crippen LogP contribution in [0.5, 0.6) is 0 Å². The average molecular weight is 249 g/mol. The van der Waals surface area contributed by atoms with Crippen molar-refractivity contribution in [2.75, 3.05) is 6.54 Å². The topological polar surface area (TPSA) is 29.3 Å². The molecule has 3 nitrogen and oxygen atoms in total. The van der Waals surface area contributed by atoms with Gasteiger partial charge in [-0.15, -0.1) is 11.3 Å². The first-order valence-electron chi connectivity index (χ1n) is 6.36. The second kappa shape index (κ2) is 4.10. The molecule has 1 unspecified atom stereocenters. The van der Waals surface area contributed by atoms with Crippen molar-refractivity contribution in [3.8, 4) is 0 Å². The summed E-state index contributed by atoms with van der Waals surface area (Å²) in [6.07, 6.45) is 8.01. The van der Waals surface area contributed by atoms with E-state index < -0.39 is 0 Å². The third-order valence-electron chi connectivity index (χ3n) is 3.89. The summed E-state index contributed by atoms with van der Waals surface area (Å²) in [6, 6.07) is 0.581. The van der Waals surface area contributed by atoms with E-state index in [1.54, 1.807) is 11.3 Å². The largest absolute Gasteiger partial charge is 0.313 e. The van der Waals surface area contributed by atoms with Crippen molar-refractivity contribution in [2.45, 2.75) is 39.2 Å². The molecule has 1 aliphatic rings. The highest BCUT2D eigenvalue weighted by atomic mass is 32.1. The Bertz CT molecular complexity index is 481. The number of rotatable bonds is 5. The van der Waals surface area contributed by atoms with E-state index in [0.717, 1.165) is 17.9 Å². The number of aromatic nitrogens is 2. The molecule has 0 amide bonds. The fourth-order valence-electron chi connectivity index (χ4n) is 2.44. The molecule has 1 fully saturated rings. The first-order chi connectivity index (χ1) is 8.21. The molecule has 2 heterocycles. The molecule has 0 saturated heterocycles. The number of imidazole rings is 1. The molecule has 1 atom stereocenters. The van der Waals surface area contributed by atoms with Gasteiger partial charge in [0.05, 0.1) is 5.69 Å². The van der Waals surface area contributed by atoms with Crippen LogP contribution in [-0.2, 0) is 6.42 Å². The van der Waals surface area contributed by atoms with Gasteiger partial charge in [0, 0.05) is 30.2 Å². The van der Waals surface area contributed by atoms with Crippen LogP contribution in [0.2, 0.25) is 0 Å². The number of nitrogens with one attached hydrogen (secondary N) is 1. The number of likely N-dealkylation sites (N-methyl/N-ethyl adjacent to an activating group) is 1. The van der Waals surface area contributed by atoms with Crippen molar-refractivity contribution in [2.24, 2.45) is 5.41 Å².